The second kappa shape index (κ2) is 7.20. The van der Waals surface area contributed by atoms with E-state index in [1.807, 2.05) is 59.4 Å². The van der Waals surface area contributed by atoms with Gasteiger partial charge in [-0.2, -0.15) is 5.10 Å². The normalized spacial score (nSPS) is 11.1. The fraction of sp³-hybridized carbons (Fsp3) is 0.0909. The Balaban J connectivity index is 1.49. The lowest BCUT2D eigenvalue weighted by Gasteiger charge is -2.11. The third-order valence-corrected chi connectivity index (χ3v) is 4.79. The van der Waals surface area contributed by atoms with Crippen molar-refractivity contribution in [2.24, 2.45) is 0 Å². The maximum absolute atomic E-state index is 5.50. The van der Waals surface area contributed by atoms with Crippen LogP contribution >= 0.6 is 0 Å². The summed E-state index contributed by atoms with van der Waals surface area (Å²) >= 11 is 0. The van der Waals surface area contributed by atoms with Crippen molar-refractivity contribution in [2.45, 2.75) is 6.54 Å². The van der Waals surface area contributed by atoms with Crippen LogP contribution in [0.25, 0.3) is 21.8 Å². The van der Waals surface area contributed by atoms with Crippen LogP contribution in [0.3, 0.4) is 0 Å². The lowest BCUT2D eigenvalue weighted by atomic mass is 10.2. The van der Waals surface area contributed by atoms with Crippen LogP contribution in [0.2, 0.25) is 0 Å². The van der Waals surface area contributed by atoms with Crippen molar-refractivity contribution < 1.29 is 4.74 Å². The monoisotopic (exact) mass is 382 g/mol. The molecule has 3 heterocycles. The van der Waals surface area contributed by atoms with Crippen LogP contribution in [0.15, 0.2) is 73.3 Å². The molecule has 7 nitrogen and oxygen atoms in total. The quantitative estimate of drug-likeness (QED) is 0.491. The van der Waals surface area contributed by atoms with E-state index in [1.54, 1.807) is 19.6 Å². The first kappa shape index (κ1) is 17.1. The summed E-state index contributed by atoms with van der Waals surface area (Å²) in [5, 5.41) is 9.80. The highest BCUT2D eigenvalue weighted by Gasteiger charge is 2.11. The molecule has 0 amide bonds. The van der Waals surface area contributed by atoms with Gasteiger partial charge in [0.15, 0.2) is 0 Å². The first-order valence-electron chi connectivity index (χ1n) is 9.22. The summed E-state index contributed by atoms with van der Waals surface area (Å²) in [5.74, 6) is 1.43. The molecule has 7 heteroatoms. The number of hydrogen-bond acceptors (Lipinski definition) is 6. The molecule has 0 aliphatic heterocycles. The molecule has 1 N–H and O–H groups in total. The lowest BCUT2D eigenvalue weighted by Crippen LogP contribution is -2.03. The zero-order chi connectivity index (χ0) is 19.6. The minimum absolute atomic E-state index is 0.630. The Hall–Kier alpha value is -4.00. The van der Waals surface area contributed by atoms with Crippen molar-refractivity contribution in [3.8, 4) is 5.75 Å². The Morgan fingerprint density at radius 3 is 2.83 bits per heavy atom. The summed E-state index contributed by atoms with van der Waals surface area (Å²) in [6.45, 7) is 0.630. The lowest BCUT2D eigenvalue weighted by molar-refractivity contribution is 0.420. The standard InChI is InChI=1S/C22H18N6O/c1-29-20-7-4-6-18-21(20)22(25-14-24-18)27-16-8-9-19-15(11-16)12-26-28(19)13-17-5-2-3-10-23-17/h2-12,14H,13H2,1H3,(H,24,25,27). The maximum Gasteiger partial charge on any atom is 0.145 e. The summed E-state index contributed by atoms with van der Waals surface area (Å²) in [7, 11) is 1.65. The highest BCUT2D eigenvalue weighted by molar-refractivity contribution is 5.96. The van der Waals surface area contributed by atoms with Crippen LogP contribution in [0.5, 0.6) is 5.75 Å². The van der Waals surface area contributed by atoms with E-state index < -0.39 is 0 Å². The van der Waals surface area contributed by atoms with Crippen molar-refractivity contribution in [1.82, 2.24) is 24.7 Å². The van der Waals surface area contributed by atoms with E-state index in [1.165, 1.54) is 0 Å². The molecule has 3 aromatic heterocycles. The minimum Gasteiger partial charge on any atom is -0.496 e. The SMILES string of the molecule is COc1cccc2ncnc(Nc3ccc4c(cnn4Cc4ccccn4)c3)c12. The summed E-state index contributed by atoms with van der Waals surface area (Å²) in [4.78, 5) is 13.1. The number of fused-ring (bicyclic) bond motifs is 2. The zero-order valence-electron chi connectivity index (χ0n) is 15.8. The molecule has 0 fully saturated rings. The Morgan fingerprint density at radius 1 is 1.00 bits per heavy atom. The summed E-state index contributed by atoms with van der Waals surface area (Å²) in [5.41, 5.74) is 3.76. The van der Waals surface area contributed by atoms with Crippen LogP contribution in [0.1, 0.15) is 5.69 Å². The minimum atomic E-state index is 0.630. The molecule has 0 bridgehead atoms. The number of methoxy groups -OCH3 is 1. The van der Waals surface area contributed by atoms with Gasteiger partial charge in [0.1, 0.15) is 17.9 Å². The number of hydrogen-bond donors (Lipinski definition) is 1. The van der Waals surface area contributed by atoms with Gasteiger partial charge < -0.3 is 10.1 Å². The predicted octanol–water partition coefficient (Wildman–Crippen LogP) is 4.18. The van der Waals surface area contributed by atoms with E-state index >= 15 is 0 Å². The number of nitrogens with one attached hydrogen (secondary N) is 1. The Morgan fingerprint density at radius 2 is 1.97 bits per heavy atom. The predicted molar refractivity (Wildman–Crippen MR) is 112 cm³/mol. The summed E-state index contributed by atoms with van der Waals surface area (Å²) in [6, 6.07) is 17.8. The van der Waals surface area contributed by atoms with Gasteiger partial charge in [-0.05, 0) is 42.5 Å². The van der Waals surface area contributed by atoms with Crippen molar-refractivity contribution >= 4 is 33.3 Å². The van der Waals surface area contributed by atoms with Crippen LogP contribution in [-0.4, -0.2) is 31.8 Å². The Bertz CT molecular complexity index is 1290. The van der Waals surface area contributed by atoms with Gasteiger partial charge in [0.25, 0.3) is 0 Å². The third kappa shape index (κ3) is 3.23. The number of aromatic nitrogens is 5. The molecule has 0 atom stereocenters. The molecule has 5 aromatic rings. The first-order chi connectivity index (χ1) is 14.3. The molecule has 0 radical (unpaired) electrons. The van der Waals surface area contributed by atoms with Gasteiger partial charge in [-0.1, -0.05) is 12.1 Å². The van der Waals surface area contributed by atoms with Crippen LogP contribution in [-0.2, 0) is 6.54 Å². The Labute approximate surface area is 167 Å². The Kier molecular flexibility index (Phi) is 4.25. The summed E-state index contributed by atoms with van der Waals surface area (Å²) < 4.78 is 7.45. The number of rotatable bonds is 5. The number of anilines is 2. The summed E-state index contributed by atoms with van der Waals surface area (Å²) in [6.07, 6.45) is 5.21. The fourth-order valence-corrected chi connectivity index (χ4v) is 3.42. The highest BCUT2D eigenvalue weighted by Crippen LogP contribution is 2.31. The molecule has 0 unspecified atom stereocenters. The largest absolute Gasteiger partial charge is 0.496 e. The van der Waals surface area contributed by atoms with Gasteiger partial charge in [0.05, 0.1) is 42.0 Å². The van der Waals surface area contributed by atoms with Gasteiger partial charge in [0, 0.05) is 17.3 Å². The third-order valence-electron chi connectivity index (χ3n) is 4.79. The fourth-order valence-electron chi connectivity index (χ4n) is 3.42. The molecule has 0 saturated heterocycles. The van der Waals surface area contributed by atoms with Crippen LogP contribution in [0, 0.1) is 0 Å². The van der Waals surface area contributed by atoms with E-state index in [2.05, 4.69) is 31.4 Å². The van der Waals surface area contributed by atoms with Crippen LogP contribution in [0.4, 0.5) is 11.5 Å². The van der Waals surface area contributed by atoms with Gasteiger partial charge in [-0.25, -0.2) is 9.97 Å². The van der Waals surface area contributed by atoms with Crippen LogP contribution < -0.4 is 10.1 Å². The molecule has 142 valence electrons. The number of benzene rings is 2. The molecular weight excluding hydrogens is 364 g/mol. The van der Waals surface area contributed by atoms with E-state index in [-0.39, 0.29) is 0 Å². The van der Waals surface area contributed by atoms with Crippen molar-refractivity contribution in [3.63, 3.8) is 0 Å². The van der Waals surface area contributed by atoms with E-state index in [4.69, 9.17) is 4.74 Å². The second-order valence-electron chi connectivity index (χ2n) is 6.60. The highest BCUT2D eigenvalue weighted by atomic mass is 16.5. The number of ether oxygens (including phenoxy) is 1. The molecule has 0 spiro atoms. The second-order valence-corrected chi connectivity index (χ2v) is 6.60. The molecule has 29 heavy (non-hydrogen) atoms. The molecule has 5 rings (SSSR count). The molecule has 0 saturated carbocycles. The van der Waals surface area contributed by atoms with Crippen molar-refractivity contribution in [3.05, 3.63) is 79.0 Å². The van der Waals surface area contributed by atoms with Gasteiger partial charge in [-0.15, -0.1) is 0 Å². The number of pyridine rings is 1. The van der Waals surface area contributed by atoms with Gasteiger partial charge in [-0.3, -0.25) is 9.67 Å². The first-order valence-corrected chi connectivity index (χ1v) is 9.22. The average Bonchev–Trinajstić information content (AvgIpc) is 3.16. The van der Waals surface area contributed by atoms with E-state index in [0.717, 1.165) is 38.9 Å². The average molecular weight is 382 g/mol. The molecule has 2 aromatic carbocycles. The maximum atomic E-state index is 5.50. The van der Waals surface area contributed by atoms with E-state index in [0.29, 0.717) is 12.4 Å². The van der Waals surface area contributed by atoms with Gasteiger partial charge in [0.2, 0.25) is 0 Å². The zero-order valence-corrected chi connectivity index (χ0v) is 15.8. The topological polar surface area (TPSA) is 77.8 Å². The smallest absolute Gasteiger partial charge is 0.145 e. The van der Waals surface area contributed by atoms with Gasteiger partial charge >= 0.3 is 0 Å². The number of nitrogens with zero attached hydrogens (tertiary/aromatic N) is 5. The van der Waals surface area contributed by atoms with Crippen molar-refractivity contribution in [2.75, 3.05) is 12.4 Å². The van der Waals surface area contributed by atoms with E-state index in [9.17, 15) is 0 Å². The molecular formula is C22H18N6O. The van der Waals surface area contributed by atoms with Crippen molar-refractivity contribution in [1.29, 1.82) is 0 Å². The molecule has 0 aliphatic carbocycles. The molecule has 0 aliphatic rings.